The van der Waals surface area contributed by atoms with Crippen molar-refractivity contribution in [3.63, 3.8) is 0 Å². The Bertz CT molecular complexity index is 575. The van der Waals surface area contributed by atoms with E-state index in [1.807, 2.05) is 12.3 Å². The molecule has 20 heavy (non-hydrogen) atoms. The largest absolute Gasteiger partial charge is 0.343 e. The molecule has 1 aromatic heterocycles. The van der Waals surface area contributed by atoms with E-state index in [9.17, 15) is 0 Å². The molecule has 0 amide bonds. The first-order valence-corrected chi connectivity index (χ1v) is 7.05. The fourth-order valence-electron chi connectivity index (χ4n) is 2.35. The van der Waals surface area contributed by atoms with Gasteiger partial charge in [-0.3, -0.25) is 4.98 Å². The Kier molecular flexibility index (Phi) is 4.40. The molecule has 3 heteroatoms. The Labute approximate surface area is 121 Å². The van der Waals surface area contributed by atoms with Gasteiger partial charge in [0.05, 0.1) is 17.6 Å². The number of hydrogen-bond donors (Lipinski definition) is 1. The predicted octanol–water partition coefficient (Wildman–Crippen LogP) is 3.88. The fraction of sp³-hybridized carbons (Fsp3) is 0.353. The van der Waals surface area contributed by atoms with Crippen LogP contribution in [0.3, 0.4) is 0 Å². The summed E-state index contributed by atoms with van der Waals surface area (Å²) in [5.41, 5.74) is 11.8. The van der Waals surface area contributed by atoms with Crippen molar-refractivity contribution in [2.75, 3.05) is 11.9 Å². The van der Waals surface area contributed by atoms with Gasteiger partial charge in [0.2, 0.25) is 0 Å². The lowest BCUT2D eigenvalue weighted by atomic mass is 10.1. The average Bonchev–Trinajstić information content (AvgIpc) is 2.46. The zero-order valence-electron chi connectivity index (χ0n) is 12.7. The quantitative estimate of drug-likeness (QED) is 0.916. The Morgan fingerprint density at radius 2 is 1.95 bits per heavy atom. The van der Waals surface area contributed by atoms with Gasteiger partial charge >= 0.3 is 0 Å². The van der Waals surface area contributed by atoms with Gasteiger partial charge in [-0.25, -0.2) is 0 Å². The van der Waals surface area contributed by atoms with Crippen molar-refractivity contribution in [1.82, 2.24) is 4.98 Å². The highest BCUT2D eigenvalue weighted by atomic mass is 15.1. The van der Waals surface area contributed by atoms with Gasteiger partial charge in [0.25, 0.3) is 0 Å². The third kappa shape index (κ3) is 2.99. The van der Waals surface area contributed by atoms with Crippen LogP contribution in [-0.2, 0) is 0 Å². The standard InChI is InChI=1S/C17H23N3/c1-5-15(18)16-8-7-14(11-19-16)20(4)17-9-6-12(2)10-13(17)3/h6-11,15H,5,18H2,1-4H3/t15-/m1/s1. The van der Waals surface area contributed by atoms with Gasteiger partial charge in [-0.1, -0.05) is 24.6 Å². The Morgan fingerprint density at radius 3 is 2.50 bits per heavy atom. The predicted molar refractivity (Wildman–Crippen MR) is 85.4 cm³/mol. The summed E-state index contributed by atoms with van der Waals surface area (Å²) in [6.07, 6.45) is 2.80. The second kappa shape index (κ2) is 6.06. The first-order chi connectivity index (χ1) is 9.52. The van der Waals surface area contributed by atoms with Gasteiger partial charge in [-0.05, 0) is 44.0 Å². The van der Waals surface area contributed by atoms with Crippen molar-refractivity contribution in [3.05, 3.63) is 53.3 Å². The SMILES string of the molecule is CC[C@@H](N)c1ccc(N(C)c2ccc(C)cc2C)cn1. The zero-order valence-corrected chi connectivity index (χ0v) is 12.7. The van der Waals surface area contributed by atoms with Crippen molar-refractivity contribution in [2.45, 2.75) is 33.2 Å². The zero-order chi connectivity index (χ0) is 14.7. The highest BCUT2D eigenvalue weighted by molar-refractivity contribution is 5.65. The number of pyridine rings is 1. The lowest BCUT2D eigenvalue weighted by Gasteiger charge is -2.22. The maximum absolute atomic E-state index is 6.00. The van der Waals surface area contributed by atoms with Crippen molar-refractivity contribution < 1.29 is 0 Å². The van der Waals surface area contributed by atoms with Crippen LogP contribution in [0.5, 0.6) is 0 Å². The number of nitrogens with two attached hydrogens (primary N) is 1. The maximum atomic E-state index is 6.00. The first kappa shape index (κ1) is 14.5. The summed E-state index contributed by atoms with van der Waals surface area (Å²) in [6, 6.07) is 10.6. The molecule has 2 aromatic rings. The monoisotopic (exact) mass is 269 g/mol. The van der Waals surface area contributed by atoms with Crippen molar-refractivity contribution in [2.24, 2.45) is 5.73 Å². The molecular weight excluding hydrogens is 246 g/mol. The van der Waals surface area contributed by atoms with E-state index in [0.717, 1.165) is 17.8 Å². The Balaban J connectivity index is 2.26. The second-order valence-electron chi connectivity index (χ2n) is 5.30. The number of anilines is 2. The molecule has 0 aliphatic carbocycles. The first-order valence-electron chi connectivity index (χ1n) is 7.05. The van der Waals surface area contributed by atoms with Crippen LogP contribution < -0.4 is 10.6 Å². The molecule has 0 saturated heterocycles. The fourth-order valence-corrected chi connectivity index (χ4v) is 2.35. The summed E-state index contributed by atoms with van der Waals surface area (Å²) in [7, 11) is 2.06. The van der Waals surface area contributed by atoms with Crippen LogP contribution >= 0.6 is 0 Å². The summed E-state index contributed by atoms with van der Waals surface area (Å²) in [4.78, 5) is 6.63. The third-order valence-corrected chi connectivity index (χ3v) is 3.69. The van der Waals surface area contributed by atoms with Gasteiger partial charge in [0.15, 0.2) is 0 Å². The number of nitrogens with zero attached hydrogens (tertiary/aromatic N) is 2. The molecular formula is C17H23N3. The molecule has 1 aromatic carbocycles. The van der Waals surface area contributed by atoms with E-state index >= 15 is 0 Å². The normalized spacial score (nSPS) is 12.2. The van der Waals surface area contributed by atoms with Crippen LogP contribution in [0.1, 0.15) is 36.2 Å². The number of benzene rings is 1. The highest BCUT2D eigenvalue weighted by Crippen LogP contribution is 2.27. The van der Waals surface area contributed by atoms with E-state index in [-0.39, 0.29) is 6.04 Å². The van der Waals surface area contributed by atoms with Crippen LogP contribution in [-0.4, -0.2) is 12.0 Å². The van der Waals surface area contributed by atoms with Gasteiger partial charge in [0.1, 0.15) is 0 Å². The third-order valence-electron chi connectivity index (χ3n) is 3.69. The minimum Gasteiger partial charge on any atom is -0.343 e. The molecule has 0 unspecified atom stereocenters. The van der Waals surface area contributed by atoms with Crippen molar-refractivity contribution in [1.29, 1.82) is 0 Å². The summed E-state index contributed by atoms with van der Waals surface area (Å²) < 4.78 is 0. The molecule has 2 rings (SSSR count). The van der Waals surface area contributed by atoms with Crippen molar-refractivity contribution in [3.8, 4) is 0 Å². The van der Waals surface area contributed by atoms with E-state index in [0.29, 0.717) is 0 Å². The Hall–Kier alpha value is -1.87. The molecule has 0 aliphatic heterocycles. The van der Waals surface area contributed by atoms with Crippen molar-refractivity contribution >= 4 is 11.4 Å². The summed E-state index contributed by atoms with van der Waals surface area (Å²) in [6.45, 7) is 6.31. The average molecular weight is 269 g/mol. The summed E-state index contributed by atoms with van der Waals surface area (Å²) in [5, 5.41) is 0. The minimum atomic E-state index is 0.0236. The number of aromatic nitrogens is 1. The van der Waals surface area contributed by atoms with Crippen LogP contribution in [0.15, 0.2) is 36.5 Å². The van der Waals surface area contributed by atoms with Crippen LogP contribution in [0.2, 0.25) is 0 Å². The number of rotatable bonds is 4. The van der Waals surface area contributed by atoms with E-state index < -0.39 is 0 Å². The topological polar surface area (TPSA) is 42.1 Å². The lowest BCUT2D eigenvalue weighted by molar-refractivity contribution is 0.675. The van der Waals surface area contributed by atoms with Crippen LogP contribution in [0, 0.1) is 13.8 Å². The van der Waals surface area contributed by atoms with Gasteiger partial charge < -0.3 is 10.6 Å². The molecule has 0 bridgehead atoms. The molecule has 2 N–H and O–H groups in total. The molecule has 0 saturated carbocycles. The minimum absolute atomic E-state index is 0.0236. The van der Waals surface area contributed by atoms with E-state index in [1.54, 1.807) is 0 Å². The number of hydrogen-bond acceptors (Lipinski definition) is 3. The van der Waals surface area contributed by atoms with Gasteiger partial charge in [-0.15, -0.1) is 0 Å². The number of aryl methyl sites for hydroxylation is 2. The molecule has 0 aliphatic rings. The maximum Gasteiger partial charge on any atom is 0.0594 e. The Morgan fingerprint density at radius 1 is 1.20 bits per heavy atom. The van der Waals surface area contributed by atoms with E-state index in [1.165, 1.54) is 16.8 Å². The lowest BCUT2D eigenvalue weighted by Crippen LogP contribution is -2.14. The molecule has 106 valence electrons. The molecule has 3 nitrogen and oxygen atoms in total. The highest BCUT2D eigenvalue weighted by Gasteiger charge is 2.09. The molecule has 0 fully saturated rings. The second-order valence-corrected chi connectivity index (χ2v) is 5.30. The molecule has 0 radical (unpaired) electrons. The molecule has 1 heterocycles. The van der Waals surface area contributed by atoms with Crippen LogP contribution in [0.4, 0.5) is 11.4 Å². The van der Waals surface area contributed by atoms with E-state index in [4.69, 9.17) is 5.73 Å². The molecule has 0 spiro atoms. The van der Waals surface area contributed by atoms with E-state index in [2.05, 4.69) is 62.0 Å². The van der Waals surface area contributed by atoms with Gasteiger partial charge in [-0.2, -0.15) is 0 Å². The van der Waals surface area contributed by atoms with Crippen LogP contribution in [0.25, 0.3) is 0 Å². The van der Waals surface area contributed by atoms with Gasteiger partial charge in [0, 0.05) is 18.8 Å². The molecule has 1 atom stereocenters. The summed E-state index contributed by atoms with van der Waals surface area (Å²) >= 11 is 0. The smallest absolute Gasteiger partial charge is 0.0594 e. The summed E-state index contributed by atoms with van der Waals surface area (Å²) in [5.74, 6) is 0.